The van der Waals surface area contributed by atoms with E-state index in [9.17, 15) is 18.8 Å². The first-order valence-electron chi connectivity index (χ1n) is 6.59. The minimum atomic E-state index is -4.18. The molecule has 0 amide bonds. The summed E-state index contributed by atoms with van der Waals surface area (Å²) in [6, 6.07) is 8.47. The summed E-state index contributed by atoms with van der Waals surface area (Å²) in [5.41, 5.74) is 0.333. The summed E-state index contributed by atoms with van der Waals surface area (Å²) in [7, 11) is -2.83. The molecule has 0 aliphatic carbocycles. The van der Waals surface area contributed by atoms with Crippen molar-refractivity contribution >= 4 is 55.0 Å². The first-order chi connectivity index (χ1) is 11.7. The topological polar surface area (TPSA) is 87.4 Å². The SMILES string of the molecule is COc1cc(/C=C(\C#N)S(=O)(=O)c2cc(Cl)ccc2Cl)cc(Br)c1O. The van der Waals surface area contributed by atoms with Crippen molar-refractivity contribution in [3.63, 3.8) is 0 Å². The van der Waals surface area contributed by atoms with Gasteiger partial charge in [0.05, 0.1) is 21.5 Å². The number of nitrogens with zero attached hydrogens (tertiary/aromatic N) is 1. The standard InChI is InChI=1S/C16H10BrCl2NO4S/c1-24-14-6-9(5-12(17)16(14)21)4-11(8-20)25(22,23)15-7-10(18)2-3-13(15)19/h2-7,21H,1H3/b11-4+. The van der Waals surface area contributed by atoms with Crippen LogP contribution in [0.15, 0.2) is 44.6 Å². The lowest BCUT2D eigenvalue weighted by Gasteiger charge is -2.08. The van der Waals surface area contributed by atoms with Gasteiger partial charge in [-0.2, -0.15) is 5.26 Å². The highest BCUT2D eigenvalue weighted by atomic mass is 79.9. The van der Waals surface area contributed by atoms with Crippen LogP contribution >= 0.6 is 39.1 Å². The van der Waals surface area contributed by atoms with Crippen molar-refractivity contribution < 1.29 is 18.3 Å². The van der Waals surface area contributed by atoms with Crippen molar-refractivity contribution in [1.29, 1.82) is 5.26 Å². The summed E-state index contributed by atoms with van der Waals surface area (Å²) in [6.07, 6.45) is 1.15. The van der Waals surface area contributed by atoms with E-state index in [2.05, 4.69) is 15.9 Å². The van der Waals surface area contributed by atoms with Gasteiger partial charge in [0.1, 0.15) is 11.0 Å². The van der Waals surface area contributed by atoms with Gasteiger partial charge >= 0.3 is 0 Å². The predicted octanol–water partition coefficient (Wildman–Crippen LogP) is 4.81. The maximum Gasteiger partial charge on any atom is 0.218 e. The minimum absolute atomic E-state index is 0.0463. The number of rotatable bonds is 4. The van der Waals surface area contributed by atoms with E-state index in [4.69, 9.17) is 27.9 Å². The van der Waals surface area contributed by atoms with Crippen molar-refractivity contribution in [1.82, 2.24) is 0 Å². The minimum Gasteiger partial charge on any atom is -0.503 e. The van der Waals surface area contributed by atoms with Crippen molar-refractivity contribution in [2.24, 2.45) is 0 Å². The van der Waals surface area contributed by atoms with Gasteiger partial charge in [-0.05, 0) is 57.9 Å². The number of benzene rings is 2. The lowest BCUT2D eigenvalue weighted by Crippen LogP contribution is -2.04. The molecule has 9 heteroatoms. The molecule has 0 atom stereocenters. The van der Waals surface area contributed by atoms with Gasteiger partial charge in [0, 0.05) is 5.02 Å². The van der Waals surface area contributed by atoms with Crippen LogP contribution in [-0.2, 0) is 9.84 Å². The average Bonchev–Trinajstić information content (AvgIpc) is 2.57. The van der Waals surface area contributed by atoms with Gasteiger partial charge in [0.2, 0.25) is 9.84 Å². The molecule has 0 heterocycles. The third-order valence-electron chi connectivity index (χ3n) is 3.15. The maximum absolute atomic E-state index is 12.7. The molecule has 130 valence electrons. The number of allylic oxidation sites excluding steroid dienone is 1. The Morgan fingerprint density at radius 1 is 1.32 bits per heavy atom. The zero-order valence-electron chi connectivity index (χ0n) is 12.6. The number of sulfone groups is 1. The molecule has 0 unspecified atom stereocenters. The molecule has 0 aliphatic rings. The Morgan fingerprint density at radius 3 is 2.60 bits per heavy atom. The number of ether oxygens (including phenoxy) is 1. The van der Waals surface area contributed by atoms with Crippen LogP contribution in [0.3, 0.4) is 0 Å². The molecule has 0 bridgehead atoms. The van der Waals surface area contributed by atoms with E-state index in [1.54, 1.807) is 6.07 Å². The molecular formula is C16H10BrCl2NO4S. The quantitative estimate of drug-likeness (QED) is 0.658. The fraction of sp³-hybridized carbons (Fsp3) is 0.0625. The highest BCUT2D eigenvalue weighted by Gasteiger charge is 2.24. The molecule has 25 heavy (non-hydrogen) atoms. The Labute approximate surface area is 163 Å². The number of aromatic hydroxyl groups is 1. The van der Waals surface area contributed by atoms with E-state index in [1.807, 2.05) is 0 Å². The third-order valence-corrected chi connectivity index (χ3v) is 6.14. The molecule has 2 rings (SSSR count). The summed E-state index contributed by atoms with van der Waals surface area (Å²) in [6.45, 7) is 0. The molecule has 0 spiro atoms. The smallest absolute Gasteiger partial charge is 0.218 e. The van der Waals surface area contributed by atoms with Crippen LogP contribution in [0.5, 0.6) is 11.5 Å². The number of hydrogen-bond acceptors (Lipinski definition) is 5. The second kappa shape index (κ2) is 7.67. The molecule has 0 fully saturated rings. The summed E-state index contributed by atoms with van der Waals surface area (Å²) < 4.78 is 30.7. The van der Waals surface area contributed by atoms with E-state index >= 15 is 0 Å². The van der Waals surface area contributed by atoms with Gasteiger partial charge in [-0.15, -0.1) is 0 Å². The van der Waals surface area contributed by atoms with Crippen LogP contribution in [0, 0.1) is 11.3 Å². The average molecular weight is 463 g/mol. The number of methoxy groups -OCH3 is 1. The van der Waals surface area contributed by atoms with Crippen LogP contribution in [0.1, 0.15) is 5.56 Å². The lowest BCUT2D eigenvalue weighted by atomic mass is 10.2. The zero-order valence-corrected chi connectivity index (χ0v) is 16.5. The van der Waals surface area contributed by atoms with Crippen LogP contribution in [0.25, 0.3) is 6.08 Å². The molecule has 1 N–H and O–H groups in total. The van der Waals surface area contributed by atoms with Gasteiger partial charge in [0.15, 0.2) is 11.5 Å². The van der Waals surface area contributed by atoms with Crippen LogP contribution in [0.2, 0.25) is 10.0 Å². The van der Waals surface area contributed by atoms with Gasteiger partial charge in [-0.1, -0.05) is 23.2 Å². The van der Waals surface area contributed by atoms with E-state index < -0.39 is 14.7 Å². The Balaban J connectivity index is 2.64. The van der Waals surface area contributed by atoms with Crippen LogP contribution < -0.4 is 4.74 Å². The van der Waals surface area contributed by atoms with Gasteiger partial charge in [-0.3, -0.25) is 0 Å². The summed E-state index contributed by atoms with van der Waals surface area (Å²) in [4.78, 5) is -0.796. The normalized spacial score (nSPS) is 11.9. The van der Waals surface area contributed by atoms with Crippen molar-refractivity contribution in [3.05, 3.63) is 55.3 Å². The van der Waals surface area contributed by atoms with Crippen molar-refractivity contribution in [3.8, 4) is 17.6 Å². The van der Waals surface area contributed by atoms with Crippen LogP contribution in [0.4, 0.5) is 0 Å². The van der Waals surface area contributed by atoms with Gasteiger partial charge in [0.25, 0.3) is 0 Å². The number of halogens is 3. The monoisotopic (exact) mass is 461 g/mol. The highest BCUT2D eigenvalue weighted by Crippen LogP contribution is 2.36. The van der Waals surface area contributed by atoms with Crippen molar-refractivity contribution in [2.75, 3.05) is 7.11 Å². The van der Waals surface area contributed by atoms with Crippen molar-refractivity contribution in [2.45, 2.75) is 4.90 Å². The van der Waals surface area contributed by atoms with Gasteiger partial charge < -0.3 is 9.84 Å². The summed E-state index contributed by atoms with van der Waals surface area (Å²) in [5, 5.41) is 19.3. The molecule has 5 nitrogen and oxygen atoms in total. The fourth-order valence-electron chi connectivity index (χ4n) is 1.96. The highest BCUT2D eigenvalue weighted by molar-refractivity contribution is 9.10. The molecule has 0 saturated heterocycles. The van der Waals surface area contributed by atoms with E-state index in [0.717, 1.165) is 6.08 Å². The molecule has 2 aromatic rings. The Morgan fingerprint density at radius 2 is 2.00 bits per heavy atom. The second-order valence-electron chi connectivity index (χ2n) is 4.75. The molecule has 0 saturated carbocycles. The molecule has 2 aromatic carbocycles. The Bertz CT molecular complexity index is 1010. The second-order valence-corrected chi connectivity index (χ2v) is 8.34. The number of phenolic OH excluding ortho intramolecular Hbond substituents is 1. The summed E-state index contributed by atoms with van der Waals surface area (Å²) >= 11 is 14.9. The first kappa shape index (κ1) is 19.6. The molecule has 0 aliphatic heterocycles. The largest absolute Gasteiger partial charge is 0.503 e. The van der Waals surface area contributed by atoms with E-state index in [1.165, 1.54) is 37.4 Å². The third kappa shape index (κ3) is 4.10. The molecular weight excluding hydrogens is 453 g/mol. The zero-order chi connectivity index (χ0) is 18.8. The molecule has 0 radical (unpaired) electrons. The lowest BCUT2D eigenvalue weighted by molar-refractivity contribution is 0.372. The fourth-order valence-corrected chi connectivity index (χ4v) is 4.33. The Hall–Kier alpha value is -1.72. The maximum atomic E-state index is 12.7. The number of hydrogen-bond donors (Lipinski definition) is 1. The van der Waals surface area contributed by atoms with E-state index in [-0.39, 0.29) is 30.9 Å². The summed E-state index contributed by atoms with van der Waals surface area (Å²) in [5.74, 6) is -0.0185. The molecule has 0 aromatic heterocycles. The first-order valence-corrected chi connectivity index (χ1v) is 9.62. The van der Waals surface area contributed by atoms with Gasteiger partial charge in [-0.25, -0.2) is 8.42 Å². The predicted molar refractivity (Wildman–Crippen MR) is 99.6 cm³/mol. The van der Waals surface area contributed by atoms with Crippen LogP contribution in [-0.4, -0.2) is 20.6 Å². The number of phenols is 1. The number of nitriles is 1. The van der Waals surface area contributed by atoms with E-state index in [0.29, 0.717) is 5.56 Å². The Kier molecular flexibility index (Phi) is 6.01.